The van der Waals surface area contributed by atoms with E-state index in [0.29, 0.717) is 36.2 Å². The van der Waals surface area contributed by atoms with Crippen LogP contribution in [-0.4, -0.2) is 48.0 Å². The van der Waals surface area contributed by atoms with Gasteiger partial charge in [-0.2, -0.15) is 0 Å². The summed E-state index contributed by atoms with van der Waals surface area (Å²) in [5, 5.41) is 3.78. The lowest BCUT2D eigenvalue weighted by Crippen LogP contribution is -2.33. The summed E-state index contributed by atoms with van der Waals surface area (Å²) in [5.74, 6) is 0.479. The van der Waals surface area contributed by atoms with Gasteiger partial charge in [0.1, 0.15) is 18.2 Å². The fourth-order valence-corrected chi connectivity index (χ4v) is 4.14. The number of nitrogens with one attached hydrogen (secondary N) is 1. The number of aromatic nitrogens is 2. The molecule has 0 radical (unpaired) electrons. The van der Waals surface area contributed by atoms with Crippen molar-refractivity contribution in [3.05, 3.63) is 59.9 Å². The first-order chi connectivity index (χ1) is 13.8. The van der Waals surface area contributed by atoms with Crippen LogP contribution in [0.2, 0.25) is 0 Å². The minimum Gasteiger partial charge on any atom is -0.358 e. The number of rotatable bonds is 5. The Labute approximate surface area is 169 Å². The number of sulfone groups is 1. The topological polar surface area (TPSA) is 92.3 Å². The number of benzene rings is 2. The molecule has 8 heteroatoms. The molecule has 1 amide bonds. The highest BCUT2D eigenvalue weighted by Gasteiger charge is 2.32. The van der Waals surface area contributed by atoms with Gasteiger partial charge in [-0.05, 0) is 37.1 Å². The van der Waals surface area contributed by atoms with Crippen LogP contribution in [0, 0.1) is 6.92 Å². The van der Waals surface area contributed by atoms with E-state index in [4.69, 9.17) is 0 Å². The molecule has 2 aromatic carbocycles. The van der Waals surface area contributed by atoms with Crippen LogP contribution in [0.25, 0.3) is 10.9 Å². The van der Waals surface area contributed by atoms with Crippen molar-refractivity contribution in [3.63, 3.8) is 0 Å². The number of fused-ring (bicyclic) bond motifs is 1. The Morgan fingerprint density at radius 3 is 2.62 bits per heavy atom. The maximum Gasteiger partial charge on any atom is 0.245 e. The van der Waals surface area contributed by atoms with E-state index in [9.17, 15) is 13.2 Å². The number of aryl methyl sites for hydroxylation is 1. The zero-order chi connectivity index (χ0) is 20.6. The third kappa shape index (κ3) is 4.07. The quantitative estimate of drug-likeness (QED) is 0.695. The summed E-state index contributed by atoms with van der Waals surface area (Å²) in [6.45, 7) is 3.26. The highest BCUT2D eigenvalue weighted by molar-refractivity contribution is 7.90. The predicted octanol–water partition coefficient (Wildman–Crippen LogP) is 2.55. The van der Waals surface area contributed by atoms with Gasteiger partial charge in [-0.25, -0.2) is 18.4 Å². The average molecular weight is 410 g/mol. The lowest BCUT2D eigenvalue weighted by molar-refractivity contribution is -0.128. The molecule has 1 aliphatic heterocycles. The van der Waals surface area contributed by atoms with Crippen molar-refractivity contribution in [2.45, 2.75) is 30.8 Å². The van der Waals surface area contributed by atoms with Crippen LogP contribution in [0.1, 0.15) is 17.5 Å². The Morgan fingerprint density at radius 1 is 1.14 bits per heavy atom. The molecule has 1 saturated heterocycles. The minimum atomic E-state index is -3.35. The summed E-state index contributed by atoms with van der Waals surface area (Å²) >= 11 is 0. The SMILES string of the molecule is Cc1ccc(CN2CCC(Nc3ncnc4ccc(S(C)(=O)=O)cc34)C2=O)cc1. The molecule has 0 bridgehead atoms. The largest absolute Gasteiger partial charge is 0.358 e. The molecule has 0 aliphatic carbocycles. The van der Waals surface area contributed by atoms with Crippen LogP contribution < -0.4 is 5.32 Å². The maximum atomic E-state index is 12.9. The van der Waals surface area contributed by atoms with E-state index in [0.717, 1.165) is 11.8 Å². The second-order valence-electron chi connectivity index (χ2n) is 7.40. The lowest BCUT2D eigenvalue weighted by Gasteiger charge is -2.18. The number of nitrogens with zero attached hydrogens (tertiary/aromatic N) is 3. The lowest BCUT2D eigenvalue weighted by atomic mass is 10.1. The molecule has 1 aromatic heterocycles. The molecule has 3 aromatic rings. The van der Waals surface area contributed by atoms with Crippen molar-refractivity contribution in [1.29, 1.82) is 0 Å². The average Bonchev–Trinajstić information content (AvgIpc) is 3.02. The van der Waals surface area contributed by atoms with Gasteiger partial charge >= 0.3 is 0 Å². The predicted molar refractivity (Wildman–Crippen MR) is 111 cm³/mol. The van der Waals surface area contributed by atoms with Crippen molar-refractivity contribution in [1.82, 2.24) is 14.9 Å². The van der Waals surface area contributed by atoms with Crippen LogP contribution in [0.15, 0.2) is 53.7 Å². The van der Waals surface area contributed by atoms with Gasteiger partial charge in [-0.15, -0.1) is 0 Å². The van der Waals surface area contributed by atoms with Crippen LogP contribution in [0.4, 0.5) is 5.82 Å². The molecule has 1 unspecified atom stereocenters. The maximum absolute atomic E-state index is 12.9. The molecule has 1 atom stereocenters. The second-order valence-corrected chi connectivity index (χ2v) is 9.42. The summed E-state index contributed by atoms with van der Waals surface area (Å²) in [6, 6.07) is 12.5. The Morgan fingerprint density at radius 2 is 1.90 bits per heavy atom. The van der Waals surface area contributed by atoms with Crippen LogP contribution >= 0.6 is 0 Å². The van der Waals surface area contributed by atoms with Crippen molar-refractivity contribution >= 4 is 32.5 Å². The number of carbonyl (C=O) groups excluding carboxylic acids is 1. The van der Waals surface area contributed by atoms with Crippen LogP contribution in [0.5, 0.6) is 0 Å². The van der Waals surface area contributed by atoms with E-state index in [-0.39, 0.29) is 10.8 Å². The van der Waals surface area contributed by atoms with Gasteiger partial charge in [0.25, 0.3) is 0 Å². The molecule has 4 rings (SSSR count). The fourth-order valence-electron chi connectivity index (χ4n) is 3.49. The molecule has 0 saturated carbocycles. The number of amides is 1. The van der Waals surface area contributed by atoms with E-state index in [2.05, 4.69) is 15.3 Å². The number of carbonyl (C=O) groups is 1. The summed E-state index contributed by atoms with van der Waals surface area (Å²) in [7, 11) is -3.35. The molecule has 0 spiro atoms. The normalized spacial score (nSPS) is 17.1. The summed E-state index contributed by atoms with van der Waals surface area (Å²) in [5.41, 5.74) is 2.90. The standard InChI is InChI=1S/C21H22N4O3S/c1-14-3-5-15(6-4-14)12-25-10-9-19(21(25)26)24-20-17-11-16(29(2,27)28)7-8-18(17)22-13-23-20/h3-8,11,13,19H,9-10,12H2,1-2H3,(H,22,23,24). The first-order valence-corrected chi connectivity index (χ1v) is 11.3. The van der Waals surface area contributed by atoms with E-state index < -0.39 is 15.9 Å². The highest BCUT2D eigenvalue weighted by Crippen LogP contribution is 2.26. The van der Waals surface area contributed by atoms with Crippen molar-refractivity contribution in [2.24, 2.45) is 0 Å². The zero-order valence-electron chi connectivity index (χ0n) is 16.3. The fraction of sp³-hybridized carbons (Fsp3) is 0.286. The van der Waals surface area contributed by atoms with Gasteiger partial charge in [0.15, 0.2) is 9.84 Å². The molecule has 1 aliphatic rings. The Bertz CT molecular complexity index is 1180. The van der Waals surface area contributed by atoms with Crippen molar-refractivity contribution in [3.8, 4) is 0 Å². The summed E-state index contributed by atoms with van der Waals surface area (Å²) in [4.78, 5) is 23.3. The molecule has 2 heterocycles. The molecule has 1 N–H and O–H groups in total. The molecule has 150 valence electrons. The van der Waals surface area contributed by atoms with Gasteiger partial charge < -0.3 is 10.2 Å². The monoisotopic (exact) mass is 410 g/mol. The third-order valence-corrected chi connectivity index (χ3v) is 6.25. The Kier molecular flexibility index (Phi) is 4.96. The smallest absolute Gasteiger partial charge is 0.245 e. The van der Waals surface area contributed by atoms with Gasteiger partial charge in [-0.1, -0.05) is 29.8 Å². The molecular formula is C21H22N4O3S. The van der Waals surface area contributed by atoms with Gasteiger partial charge in [0.2, 0.25) is 5.91 Å². The first kappa shape index (κ1) is 19.3. The van der Waals surface area contributed by atoms with Gasteiger partial charge in [-0.3, -0.25) is 4.79 Å². The summed E-state index contributed by atoms with van der Waals surface area (Å²) in [6.07, 6.45) is 3.23. The zero-order valence-corrected chi connectivity index (χ0v) is 17.1. The first-order valence-electron chi connectivity index (χ1n) is 9.37. The molecule has 7 nitrogen and oxygen atoms in total. The van der Waals surface area contributed by atoms with Gasteiger partial charge in [0, 0.05) is 24.7 Å². The van der Waals surface area contributed by atoms with E-state index in [1.54, 1.807) is 12.1 Å². The van der Waals surface area contributed by atoms with E-state index in [1.807, 2.05) is 36.1 Å². The Balaban J connectivity index is 1.55. The molecule has 1 fully saturated rings. The highest BCUT2D eigenvalue weighted by atomic mass is 32.2. The minimum absolute atomic E-state index is 0.0107. The molecular weight excluding hydrogens is 388 g/mol. The summed E-state index contributed by atoms with van der Waals surface area (Å²) < 4.78 is 23.8. The number of hydrogen-bond acceptors (Lipinski definition) is 6. The Hall–Kier alpha value is -3.00. The number of hydrogen-bond donors (Lipinski definition) is 1. The number of anilines is 1. The van der Waals surface area contributed by atoms with Crippen LogP contribution in [-0.2, 0) is 21.2 Å². The molecule has 29 heavy (non-hydrogen) atoms. The third-order valence-electron chi connectivity index (χ3n) is 5.14. The van der Waals surface area contributed by atoms with Gasteiger partial charge in [0.05, 0.1) is 10.4 Å². The second kappa shape index (κ2) is 7.44. The van der Waals surface area contributed by atoms with Crippen molar-refractivity contribution in [2.75, 3.05) is 18.1 Å². The van der Waals surface area contributed by atoms with E-state index in [1.165, 1.54) is 18.0 Å². The van der Waals surface area contributed by atoms with E-state index >= 15 is 0 Å². The van der Waals surface area contributed by atoms with Crippen LogP contribution in [0.3, 0.4) is 0 Å². The number of likely N-dealkylation sites (tertiary alicyclic amines) is 1. The van der Waals surface area contributed by atoms with Crippen molar-refractivity contribution < 1.29 is 13.2 Å².